The van der Waals surface area contributed by atoms with Gasteiger partial charge in [-0.1, -0.05) is 24.3 Å². The van der Waals surface area contributed by atoms with Crippen molar-refractivity contribution in [1.82, 2.24) is 9.80 Å². The van der Waals surface area contributed by atoms with E-state index < -0.39 is 0 Å². The Bertz CT molecular complexity index is 756. The third kappa shape index (κ3) is 5.26. The van der Waals surface area contributed by atoms with Gasteiger partial charge in [-0.3, -0.25) is 9.80 Å². The molecule has 0 N–H and O–H groups in total. The number of hydrogen-bond acceptors (Lipinski definition) is 3. The molecule has 0 aliphatic carbocycles. The molecule has 164 valence electrons. The lowest BCUT2D eigenvalue weighted by Gasteiger charge is -2.52. The second-order valence-corrected chi connectivity index (χ2v) is 9.19. The number of benzene rings is 2. The highest BCUT2D eigenvalue weighted by atomic mass is 19.1. The van der Waals surface area contributed by atoms with Gasteiger partial charge in [-0.2, -0.15) is 0 Å². The van der Waals surface area contributed by atoms with E-state index in [0.717, 1.165) is 24.2 Å². The molecule has 1 aliphatic heterocycles. The van der Waals surface area contributed by atoms with Gasteiger partial charge in [0.05, 0.1) is 12.6 Å². The zero-order valence-electron chi connectivity index (χ0n) is 18.7. The van der Waals surface area contributed by atoms with Gasteiger partial charge in [0.2, 0.25) is 0 Å². The zero-order valence-corrected chi connectivity index (χ0v) is 18.7. The summed E-state index contributed by atoms with van der Waals surface area (Å²) < 4.78 is 33.2. The normalized spacial score (nSPS) is 21.3. The van der Waals surface area contributed by atoms with Crippen molar-refractivity contribution in [1.29, 1.82) is 0 Å². The van der Waals surface area contributed by atoms with E-state index in [1.807, 2.05) is 31.2 Å². The monoisotopic (exact) mass is 416 g/mol. The van der Waals surface area contributed by atoms with Crippen LogP contribution in [-0.2, 0) is 4.74 Å². The van der Waals surface area contributed by atoms with Gasteiger partial charge in [-0.05, 0) is 70.0 Å². The summed E-state index contributed by atoms with van der Waals surface area (Å²) in [5.74, 6) is -0.512. The summed E-state index contributed by atoms with van der Waals surface area (Å²) in [5, 5.41) is 0. The van der Waals surface area contributed by atoms with Gasteiger partial charge in [0.15, 0.2) is 0 Å². The van der Waals surface area contributed by atoms with Crippen molar-refractivity contribution in [3.8, 4) is 0 Å². The van der Waals surface area contributed by atoms with Crippen LogP contribution in [0.1, 0.15) is 51.8 Å². The number of nitrogens with zero attached hydrogens (tertiary/aromatic N) is 2. The minimum atomic E-state index is -0.256. The maximum absolute atomic E-state index is 13.6. The molecule has 0 amide bonds. The lowest BCUT2D eigenvalue weighted by molar-refractivity contribution is -0.0553. The summed E-state index contributed by atoms with van der Waals surface area (Å²) >= 11 is 0. The molecule has 0 spiro atoms. The van der Waals surface area contributed by atoms with E-state index in [2.05, 4.69) is 37.5 Å². The molecule has 2 aromatic rings. The maximum atomic E-state index is 13.6. The molecule has 2 atom stereocenters. The van der Waals surface area contributed by atoms with E-state index in [-0.39, 0.29) is 29.3 Å². The van der Waals surface area contributed by atoms with Gasteiger partial charge in [-0.15, -0.1) is 0 Å². The van der Waals surface area contributed by atoms with Crippen LogP contribution in [0.3, 0.4) is 0 Å². The van der Waals surface area contributed by atoms with E-state index in [9.17, 15) is 8.78 Å². The van der Waals surface area contributed by atoms with Crippen LogP contribution in [0, 0.1) is 11.6 Å². The molecule has 0 saturated carbocycles. The summed E-state index contributed by atoms with van der Waals surface area (Å²) in [6, 6.07) is 13.7. The second kappa shape index (κ2) is 9.54. The van der Waals surface area contributed by atoms with Gasteiger partial charge in [0.1, 0.15) is 11.6 Å². The van der Waals surface area contributed by atoms with E-state index in [0.29, 0.717) is 19.3 Å². The Morgan fingerprint density at radius 1 is 0.933 bits per heavy atom. The first kappa shape index (κ1) is 22.9. The predicted octanol–water partition coefficient (Wildman–Crippen LogP) is 5.26. The van der Waals surface area contributed by atoms with E-state index >= 15 is 0 Å². The number of hydrogen-bond donors (Lipinski definition) is 0. The molecular weight excluding hydrogens is 382 g/mol. The fraction of sp³-hybridized carbons (Fsp3) is 0.520. The van der Waals surface area contributed by atoms with Crippen LogP contribution < -0.4 is 0 Å². The molecule has 1 aliphatic rings. The highest BCUT2D eigenvalue weighted by Gasteiger charge is 2.40. The standard InChI is InChI=1S/C25H34F2N2O/c1-6-30-17-23-16-29(25(3,4)5)18(2)15-28(23)24(19-7-11-21(26)12-8-19)20-9-13-22(27)14-10-20/h7-14,18,23-24H,6,15-17H2,1-5H3/t18-,23-/m0/s1. The largest absolute Gasteiger partial charge is 0.380 e. The van der Waals surface area contributed by atoms with Crippen LogP contribution in [0.2, 0.25) is 0 Å². The fourth-order valence-electron chi connectivity index (χ4n) is 4.58. The van der Waals surface area contributed by atoms with Crippen molar-refractivity contribution in [2.24, 2.45) is 0 Å². The van der Waals surface area contributed by atoms with Crippen LogP contribution in [-0.4, -0.2) is 53.7 Å². The zero-order chi connectivity index (χ0) is 21.9. The molecule has 1 heterocycles. The average molecular weight is 417 g/mol. The molecule has 3 rings (SSSR count). The van der Waals surface area contributed by atoms with Crippen LogP contribution in [0.4, 0.5) is 8.78 Å². The molecule has 1 fully saturated rings. The molecule has 1 saturated heterocycles. The van der Waals surface area contributed by atoms with E-state index in [1.165, 1.54) is 24.3 Å². The molecule has 0 unspecified atom stereocenters. The fourth-order valence-corrected chi connectivity index (χ4v) is 4.58. The molecule has 0 radical (unpaired) electrons. The van der Waals surface area contributed by atoms with E-state index in [1.54, 1.807) is 0 Å². The van der Waals surface area contributed by atoms with Crippen molar-refractivity contribution < 1.29 is 13.5 Å². The van der Waals surface area contributed by atoms with Crippen molar-refractivity contribution in [3.05, 3.63) is 71.3 Å². The van der Waals surface area contributed by atoms with Crippen LogP contribution in [0.25, 0.3) is 0 Å². The molecule has 3 nitrogen and oxygen atoms in total. The Kier molecular flexibility index (Phi) is 7.27. The highest BCUT2D eigenvalue weighted by molar-refractivity contribution is 5.33. The second-order valence-electron chi connectivity index (χ2n) is 9.19. The summed E-state index contributed by atoms with van der Waals surface area (Å²) in [7, 11) is 0. The first-order chi connectivity index (χ1) is 14.2. The number of rotatable bonds is 6. The van der Waals surface area contributed by atoms with Gasteiger partial charge in [-0.25, -0.2) is 8.78 Å². The summed E-state index contributed by atoms with van der Waals surface area (Å²) in [5.41, 5.74) is 2.05. The average Bonchev–Trinajstić information content (AvgIpc) is 2.69. The van der Waals surface area contributed by atoms with Crippen LogP contribution >= 0.6 is 0 Å². The van der Waals surface area contributed by atoms with Gasteiger partial charge < -0.3 is 4.74 Å². The Labute approximate surface area is 179 Å². The lowest BCUT2D eigenvalue weighted by Crippen LogP contribution is -2.63. The number of ether oxygens (including phenoxy) is 1. The Morgan fingerprint density at radius 3 is 1.87 bits per heavy atom. The predicted molar refractivity (Wildman–Crippen MR) is 118 cm³/mol. The molecule has 2 aromatic carbocycles. The summed E-state index contributed by atoms with van der Waals surface area (Å²) in [6.45, 7) is 14.0. The minimum Gasteiger partial charge on any atom is -0.380 e. The topological polar surface area (TPSA) is 15.7 Å². The van der Waals surface area contributed by atoms with Crippen LogP contribution in [0.5, 0.6) is 0 Å². The minimum absolute atomic E-state index is 0.0528. The molecule has 30 heavy (non-hydrogen) atoms. The van der Waals surface area contributed by atoms with Crippen molar-refractivity contribution in [2.45, 2.75) is 58.3 Å². The van der Waals surface area contributed by atoms with Gasteiger partial charge in [0.25, 0.3) is 0 Å². The summed E-state index contributed by atoms with van der Waals surface area (Å²) in [4.78, 5) is 4.97. The summed E-state index contributed by atoms with van der Waals surface area (Å²) in [6.07, 6.45) is 0. The SMILES string of the molecule is CCOC[C@@H]1CN(C(C)(C)C)[C@@H](C)CN1C(c1ccc(F)cc1)c1ccc(F)cc1. The lowest BCUT2D eigenvalue weighted by atomic mass is 9.91. The van der Waals surface area contributed by atoms with Crippen molar-refractivity contribution >= 4 is 0 Å². The first-order valence-electron chi connectivity index (χ1n) is 10.8. The molecule has 0 bridgehead atoms. The van der Waals surface area contributed by atoms with Crippen molar-refractivity contribution in [2.75, 3.05) is 26.3 Å². The van der Waals surface area contributed by atoms with Gasteiger partial charge in [0, 0.05) is 37.3 Å². The Hall–Kier alpha value is -1.82. The molecule has 0 aromatic heterocycles. The maximum Gasteiger partial charge on any atom is 0.123 e. The third-order valence-electron chi connectivity index (χ3n) is 5.96. The Morgan fingerprint density at radius 2 is 1.43 bits per heavy atom. The molecular formula is C25H34F2N2O. The first-order valence-corrected chi connectivity index (χ1v) is 10.8. The van der Waals surface area contributed by atoms with Gasteiger partial charge >= 0.3 is 0 Å². The number of halogens is 2. The smallest absolute Gasteiger partial charge is 0.123 e. The third-order valence-corrected chi connectivity index (χ3v) is 5.96. The van der Waals surface area contributed by atoms with Crippen molar-refractivity contribution in [3.63, 3.8) is 0 Å². The number of piperazine rings is 1. The molecule has 5 heteroatoms. The van der Waals surface area contributed by atoms with Crippen LogP contribution in [0.15, 0.2) is 48.5 Å². The van der Waals surface area contributed by atoms with E-state index in [4.69, 9.17) is 4.74 Å². The Balaban J connectivity index is 2.02. The quantitative estimate of drug-likeness (QED) is 0.639. The highest BCUT2D eigenvalue weighted by Crippen LogP contribution is 2.35.